The average Bonchev–Trinajstić information content (AvgIpc) is 2.53. The van der Waals surface area contributed by atoms with Crippen LogP contribution in [0.15, 0.2) is 24.3 Å². The van der Waals surface area contributed by atoms with Crippen LogP contribution in [0.5, 0.6) is 0 Å². The van der Waals surface area contributed by atoms with Gasteiger partial charge in [-0.15, -0.1) is 0 Å². The normalized spacial score (nSPS) is 15.7. The quantitative estimate of drug-likeness (QED) is 0.618. The van der Waals surface area contributed by atoms with Crippen molar-refractivity contribution in [2.45, 2.75) is 26.7 Å². The largest absolute Gasteiger partial charge is 0.366 e. The second kappa shape index (κ2) is 7.44. The average molecular weight is 319 g/mol. The second-order valence-electron chi connectivity index (χ2n) is 6.62. The Morgan fingerprint density at radius 1 is 1.35 bits per heavy atom. The van der Waals surface area contributed by atoms with Crippen LogP contribution < -0.4 is 4.90 Å². The molecule has 0 radical (unpaired) electrons. The molecule has 0 atom stereocenters. The molecular formula is C17H25N3O3. The molecule has 0 unspecified atom stereocenters. The first-order valence-electron chi connectivity index (χ1n) is 8.13. The van der Waals surface area contributed by atoms with Crippen LogP contribution in [0.2, 0.25) is 0 Å². The van der Waals surface area contributed by atoms with E-state index >= 15 is 0 Å². The maximum absolute atomic E-state index is 12.5. The van der Waals surface area contributed by atoms with E-state index in [0.29, 0.717) is 24.7 Å². The molecule has 0 spiro atoms. The van der Waals surface area contributed by atoms with Gasteiger partial charge in [-0.25, -0.2) is 0 Å². The number of para-hydroxylation sites is 2. The topological polar surface area (TPSA) is 66.7 Å². The number of nitrogens with zero attached hydrogens (tertiary/aromatic N) is 3. The number of piperidine rings is 1. The van der Waals surface area contributed by atoms with Crippen molar-refractivity contribution in [3.05, 3.63) is 34.4 Å². The van der Waals surface area contributed by atoms with Gasteiger partial charge in [0, 0.05) is 38.7 Å². The van der Waals surface area contributed by atoms with Crippen LogP contribution in [0, 0.1) is 22.0 Å². The van der Waals surface area contributed by atoms with Crippen LogP contribution in [0.1, 0.15) is 26.7 Å². The van der Waals surface area contributed by atoms with Gasteiger partial charge in [0.25, 0.3) is 5.69 Å². The summed E-state index contributed by atoms with van der Waals surface area (Å²) in [5.74, 6) is 0.676. The Morgan fingerprint density at radius 2 is 1.96 bits per heavy atom. The fraction of sp³-hybridized carbons (Fsp3) is 0.588. The van der Waals surface area contributed by atoms with Gasteiger partial charge in [0.05, 0.1) is 4.92 Å². The Morgan fingerprint density at radius 3 is 2.52 bits per heavy atom. The highest BCUT2D eigenvalue weighted by atomic mass is 16.6. The van der Waals surface area contributed by atoms with Crippen molar-refractivity contribution in [1.82, 2.24) is 4.90 Å². The molecule has 23 heavy (non-hydrogen) atoms. The molecule has 0 bridgehead atoms. The summed E-state index contributed by atoms with van der Waals surface area (Å²) < 4.78 is 0. The fourth-order valence-corrected chi connectivity index (χ4v) is 3.20. The summed E-state index contributed by atoms with van der Waals surface area (Å²) in [5, 5.41) is 11.1. The first kappa shape index (κ1) is 17.2. The molecule has 126 valence electrons. The standard InChI is InChI=1S/C17H25N3O3/c1-13(2)12-18(3)17(21)14-8-10-19(11-9-14)15-6-4-5-7-16(15)20(22)23/h4-7,13-14H,8-12H2,1-3H3. The van der Waals surface area contributed by atoms with Crippen LogP contribution in [0.25, 0.3) is 0 Å². The number of nitro benzene ring substituents is 1. The number of nitro groups is 1. The molecule has 1 aromatic carbocycles. The summed E-state index contributed by atoms with van der Waals surface area (Å²) in [6.45, 7) is 6.32. The molecule has 0 N–H and O–H groups in total. The van der Waals surface area contributed by atoms with E-state index in [1.54, 1.807) is 12.1 Å². The molecule has 1 aliphatic heterocycles. The summed E-state index contributed by atoms with van der Waals surface area (Å²) >= 11 is 0. The Kier molecular flexibility index (Phi) is 5.58. The number of amides is 1. The van der Waals surface area contributed by atoms with Crippen LogP contribution >= 0.6 is 0 Å². The van der Waals surface area contributed by atoms with Gasteiger partial charge in [-0.1, -0.05) is 26.0 Å². The molecule has 1 aliphatic rings. The molecule has 1 amide bonds. The van der Waals surface area contributed by atoms with E-state index in [-0.39, 0.29) is 22.4 Å². The molecule has 0 aliphatic carbocycles. The summed E-state index contributed by atoms with van der Waals surface area (Å²) in [7, 11) is 1.86. The zero-order valence-corrected chi connectivity index (χ0v) is 14.1. The van der Waals surface area contributed by atoms with Crippen LogP contribution in [0.4, 0.5) is 11.4 Å². The number of carbonyl (C=O) groups excluding carboxylic acids is 1. The third-order valence-electron chi connectivity index (χ3n) is 4.28. The van der Waals surface area contributed by atoms with E-state index in [4.69, 9.17) is 0 Å². The van der Waals surface area contributed by atoms with Gasteiger partial charge in [0.15, 0.2) is 0 Å². The van der Waals surface area contributed by atoms with Crippen molar-refractivity contribution >= 4 is 17.3 Å². The highest BCUT2D eigenvalue weighted by Gasteiger charge is 2.29. The molecule has 1 heterocycles. The maximum Gasteiger partial charge on any atom is 0.292 e. The highest BCUT2D eigenvalue weighted by Crippen LogP contribution is 2.31. The smallest absolute Gasteiger partial charge is 0.292 e. The Hall–Kier alpha value is -2.11. The van der Waals surface area contributed by atoms with Gasteiger partial charge in [0.2, 0.25) is 5.91 Å². The van der Waals surface area contributed by atoms with Crippen molar-refractivity contribution in [3.63, 3.8) is 0 Å². The molecular weight excluding hydrogens is 294 g/mol. The van der Waals surface area contributed by atoms with Gasteiger partial charge in [0.1, 0.15) is 5.69 Å². The Labute approximate surface area is 137 Å². The van der Waals surface area contributed by atoms with E-state index < -0.39 is 0 Å². The maximum atomic E-state index is 12.5. The van der Waals surface area contributed by atoms with Crippen molar-refractivity contribution in [2.24, 2.45) is 11.8 Å². The fourth-order valence-electron chi connectivity index (χ4n) is 3.20. The van der Waals surface area contributed by atoms with Gasteiger partial charge < -0.3 is 9.80 Å². The lowest BCUT2D eigenvalue weighted by Gasteiger charge is -2.34. The minimum absolute atomic E-state index is 0.0257. The van der Waals surface area contributed by atoms with Gasteiger partial charge in [-0.2, -0.15) is 0 Å². The number of hydrogen-bond donors (Lipinski definition) is 0. The monoisotopic (exact) mass is 319 g/mol. The lowest BCUT2D eigenvalue weighted by molar-refractivity contribution is -0.384. The van der Waals surface area contributed by atoms with Crippen molar-refractivity contribution < 1.29 is 9.72 Å². The predicted molar refractivity (Wildman–Crippen MR) is 90.5 cm³/mol. The van der Waals surface area contributed by atoms with Crippen molar-refractivity contribution in [3.8, 4) is 0 Å². The predicted octanol–water partition coefficient (Wildman–Crippen LogP) is 2.93. The van der Waals surface area contributed by atoms with Crippen molar-refractivity contribution in [1.29, 1.82) is 0 Å². The summed E-state index contributed by atoms with van der Waals surface area (Å²) in [5.41, 5.74) is 0.785. The highest BCUT2D eigenvalue weighted by molar-refractivity contribution is 5.79. The minimum atomic E-state index is -0.344. The third-order valence-corrected chi connectivity index (χ3v) is 4.28. The molecule has 1 saturated heterocycles. The van der Waals surface area contributed by atoms with Gasteiger partial charge in [-0.05, 0) is 24.8 Å². The molecule has 1 aromatic rings. The number of benzene rings is 1. The zero-order valence-electron chi connectivity index (χ0n) is 14.1. The van der Waals surface area contributed by atoms with E-state index in [1.807, 2.05) is 22.9 Å². The second-order valence-corrected chi connectivity index (χ2v) is 6.62. The molecule has 6 nitrogen and oxygen atoms in total. The minimum Gasteiger partial charge on any atom is -0.366 e. The molecule has 6 heteroatoms. The van der Waals surface area contributed by atoms with E-state index in [0.717, 1.165) is 19.4 Å². The van der Waals surface area contributed by atoms with E-state index in [1.165, 1.54) is 6.07 Å². The molecule has 0 saturated carbocycles. The van der Waals surface area contributed by atoms with Crippen LogP contribution in [-0.2, 0) is 4.79 Å². The lowest BCUT2D eigenvalue weighted by atomic mass is 9.94. The molecule has 0 aromatic heterocycles. The van der Waals surface area contributed by atoms with Crippen LogP contribution in [0.3, 0.4) is 0 Å². The van der Waals surface area contributed by atoms with Crippen molar-refractivity contribution in [2.75, 3.05) is 31.6 Å². The molecule has 2 rings (SSSR count). The number of carbonyl (C=O) groups is 1. The SMILES string of the molecule is CC(C)CN(C)C(=O)C1CCN(c2ccccc2[N+](=O)[O-])CC1. The molecule has 1 fully saturated rings. The summed E-state index contributed by atoms with van der Waals surface area (Å²) in [6.07, 6.45) is 1.49. The number of anilines is 1. The first-order chi connectivity index (χ1) is 10.9. The first-order valence-corrected chi connectivity index (χ1v) is 8.13. The van der Waals surface area contributed by atoms with Crippen LogP contribution in [-0.4, -0.2) is 42.4 Å². The zero-order chi connectivity index (χ0) is 17.0. The summed E-state index contributed by atoms with van der Waals surface area (Å²) in [6, 6.07) is 6.81. The third kappa shape index (κ3) is 4.21. The van der Waals surface area contributed by atoms with E-state index in [2.05, 4.69) is 13.8 Å². The lowest BCUT2D eigenvalue weighted by Crippen LogP contribution is -2.42. The number of rotatable bonds is 5. The summed E-state index contributed by atoms with van der Waals surface area (Å²) in [4.78, 5) is 27.1. The van der Waals surface area contributed by atoms with Gasteiger partial charge in [-0.3, -0.25) is 14.9 Å². The van der Waals surface area contributed by atoms with Gasteiger partial charge >= 0.3 is 0 Å². The van der Waals surface area contributed by atoms with E-state index in [9.17, 15) is 14.9 Å². The Balaban J connectivity index is 1.99. The Bertz CT molecular complexity index is 566. The number of hydrogen-bond acceptors (Lipinski definition) is 4.